The van der Waals surface area contributed by atoms with E-state index < -0.39 is 11.2 Å². The van der Waals surface area contributed by atoms with Crippen molar-refractivity contribution in [3.63, 3.8) is 0 Å². The zero-order valence-electron chi connectivity index (χ0n) is 13.7. The molecule has 0 atom stereocenters. The van der Waals surface area contributed by atoms with E-state index in [-0.39, 0.29) is 24.6 Å². The molecule has 0 radical (unpaired) electrons. The van der Waals surface area contributed by atoms with Gasteiger partial charge in [-0.2, -0.15) is 4.98 Å². The second-order valence-electron chi connectivity index (χ2n) is 5.79. The van der Waals surface area contributed by atoms with Gasteiger partial charge in [0.05, 0.1) is 11.0 Å². The van der Waals surface area contributed by atoms with Crippen molar-refractivity contribution in [2.24, 2.45) is 11.5 Å². The summed E-state index contributed by atoms with van der Waals surface area (Å²) in [5, 5.41) is 0. The first-order valence-corrected chi connectivity index (χ1v) is 7.80. The molecule has 0 fully saturated rings. The standard InChI is InChI=1S/C16H20N6O2/c1-9-7-11-12(8-10(9)2)21(5-3-17)14-13(19-11)15(23)22(6-4-18)16(24)20-14/h7-8H,3-6,17-18H2,1-2H3. The molecule has 0 amide bonds. The van der Waals surface area contributed by atoms with Crippen LogP contribution in [0.2, 0.25) is 0 Å². The average Bonchev–Trinajstić information content (AvgIpc) is 2.54. The molecule has 3 rings (SSSR count). The maximum atomic E-state index is 12.7. The Morgan fingerprint density at radius 3 is 2.25 bits per heavy atom. The van der Waals surface area contributed by atoms with Crippen molar-refractivity contribution in [3.05, 3.63) is 44.1 Å². The van der Waals surface area contributed by atoms with Gasteiger partial charge in [0, 0.05) is 26.2 Å². The van der Waals surface area contributed by atoms with Crippen molar-refractivity contribution >= 4 is 11.0 Å². The van der Waals surface area contributed by atoms with Crippen molar-refractivity contribution in [1.82, 2.24) is 19.1 Å². The average molecular weight is 328 g/mol. The van der Waals surface area contributed by atoms with Gasteiger partial charge in [0.15, 0.2) is 11.5 Å². The number of aryl methyl sites for hydroxylation is 2. The van der Waals surface area contributed by atoms with Gasteiger partial charge in [-0.1, -0.05) is 0 Å². The molecule has 8 nitrogen and oxygen atoms in total. The Hall–Kier alpha value is -2.58. The normalized spacial score (nSPS) is 11.5. The number of rotatable bonds is 4. The van der Waals surface area contributed by atoms with Crippen LogP contribution >= 0.6 is 0 Å². The lowest BCUT2D eigenvalue weighted by atomic mass is 10.1. The molecule has 126 valence electrons. The van der Waals surface area contributed by atoms with Crippen LogP contribution in [0.25, 0.3) is 22.6 Å². The van der Waals surface area contributed by atoms with Gasteiger partial charge in [-0.3, -0.25) is 9.36 Å². The van der Waals surface area contributed by atoms with Crippen LogP contribution in [0.5, 0.6) is 0 Å². The third-order valence-electron chi connectivity index (χ3n) is 4.17. The molecule has 2 aliphatic rings. The Bertz CT molecular complexity index is 1000. The minimum absolute atomic E-state index is 0.115. The van der Waals surface area contributed by atoms with Crippen molar-refractivity contribution in [2.45, 2.75) is 26.9 Å². The van der Waals surface area contributed by atoms with Gasteiger partial charge in [0.2, 0.25) is 0 Å². The van der Waals surface area contributed by atoms with Crippen LogP contribution in [0.3, 0.4) is 0 Å². The molecule has 0 bridgehead atoms. The van der Waals surface area contributed by atoms with Crippen molar-refractivity contribution in [2.75, 3.05) is 13.1 Å². The van der Waals surface area contributed by atoms with E-state index in [1.54, 1.807) is 4.57 Å². The maximum absolute atomic E-state index is 12.7. The minimum atomic E-state index is -0.617. The molecule has 0 saturated heterocycles. The molecule has 0 aliphatic carbocycles. The molecular weight excluding hydrogens is 308 g/mol. The second-order valence-corrected chi connectivity index (χ2v) is 5.79. The molecule has 1 aromatic rings. The molecule has 8 heteroatoms. The highest BCUT2D eigenvalue weighted by Gasteiger charge is 2.21. The van der Waals surface area contributed by atoms with E-state index in [2.05, 4.69) is 9.97 Å². The van der Waals surface area contributed by atoms with Crippen LogP contribution in [0.1, 0.15) is 11.1 Å². The van der Waals surface area contributed by atoms with Crippen LogP contribution in [0.15, 0.2) is 21.7 Å². The van der Waals surface area contributed by atoms with E-state index in [0.717, 1.165) is 21.2 Å². The van der Waals surface area contributed by atoms with E-state index >= 15 is 0 Å². The quantitative estimate of drug-likeness (QED) is 0.628. The Kier molecular flexibility index (Phi) is 4.16. The third-order valence-corrected chi connectivity index (χ3v) is 4.17. The predicted octanol–water partition coefficient (Wildman–Crippen LogP) is -0.408. The first-order chi connectivity index (χ1) is 11.5. The highest BCUT2D eigenvalue weighted by atomic mass is 16.2. The Labute approximate surface area is 138 Å². The van der Waals surface area contributed by atoms with Gasteiger partial charge >= 0.3 is 5.69 Å². The summed E-state index contributed by atoms with van der Waals surface area (Å²) < 4.78 is 2.81. The molecule has 0 spiro atoms. The summed E-state index contributed by atoms with van der Waals surface area (Å²) in [7, 11) is 0. The number of aromatic nitrogens is 4. The van der Waals surface area contributed by atoms with Crippen molar-refractivity contribution < 1.29 is 0 Å². The van der Waals surface area contributed by atoms with E-state index in [0.29, 0.717) is 18.6 Å². The van der Waals surface area contributed by atoms with E-state index in [1.165, 1.54) is 0 Å². The summed E-state index contributed by atoms with van der Waals surface area (Å²) in [5.41, 5.74) is 13.9. The van der Waals surface area contributed by atoms with Crippen LogP contribution in [-0.4, -0.2) is 32.2 Å². The number of nitrogens with two attached hydrogens (primary N) is 2. The highest BCUT2D eigenvalue weighted by molar-refractivity contribution is 5.81. The van der Waals surface area contributed by atoms with Gasteiger partial charge in [0.25, 0.3) is 5.56 Å². The first kappa shape index (κ1) is 16.3. The lowest BCUT2D eigenvalue weighted by molar-refractivity contribution is 0.622. The largest absolute Gasteiger partial charge is 0.352 e. The maximum Gasteiger partial charge on any atom is 0.352 e. The fourth-order valence-corrected chi connectivity index (χ4v) is 2.81. The molecule has 24 heavy (non-hydrogen) atoms. The topological polar surface area (TPSA) is 122 Å². The summed E-state index contributed by atoms with van der Waals surface area (Å²) in [6.07, 6.45) is 0. The monoisotopic (exact) mass is 328 g/mol. The number of nitrogens with zero attached hydrogens (tertiary/aromatic N) is 4. The van der Waals surface area contributed by atoms with Gasteiger partial charge in [-0.05, 0) is 37.1 Å². The number of hydrogen-bond donors (Lipinski definition) is 2. The van der Waals surface area contributed by atoms with Crippen molar-refractivity contribution in [3.8, 4) is 11.5 Å². The molecule has 2 aliphatic heterocycles. The molecule has 0 aromatic heterocycles. The summed E-state index contributed by atoms with van der Waals surface area (Å²) in [6, 6.07) is 3.90. The molecule has 0 saturated carbocycles. The van der Waals surface area contributed by atoms with Crippen molar-refractivity contribution in [1.29, 1.82) is 0 Å². The Balaban J connectivity index is 2.50. The minimum Gasteiger partial charge on any atom is -0.329 e. The molecular formula is C16H20N6O2. The van der Waals surface area contributed by atoms with Gasteiger partial charge in [-0.25, -0.2) is 9.78 Å². The Morgan fingerprint density at radius 1 is 0.958 bits per heavy atom. The van der Waals surface area contributed by atoms with Crippen LogP contribution < -0.4 is 22.7 Å². The number of hydrogen-bond acceptors (Lipinski definition) is 6. The predicted molar refractivity (Wildman–Crippen MR) is 92.3 cm³/mol. The molecule has 0 unspecified atom stereocenters. The van der Waals surface area contributed by atoms with E-state index in [4.69, 9.17) is 11.5 Å². The summed E-state index contributed by atoms with van der Waals surface area (Å²) in [4.78, 5) is 33.4. The zero-order chi connectivity index (χ0) is 17.4. The third kappa shape index (κ3) is 2.49. The van der Waals surface area contributed by atoms with E-state index in [9.17, 15) is 9.59 Å². The van der Waals surface area contributed by atoms with Crippen LogP contribution in [0, 0.1) is 13.8 Å². The zero-order valence-corrected chi connectivity index (χ0v) is 13.7. The van der Waals surface area contributed by atoms with Crippen LogP contribution in [-0.2, 0) is 13.1 Å². The number of fused-ring (bicyclic) bond motifs is 2. The molecule has 4 N–H and O–H groups in total. The summed E-state index contributed by atoms with van der Waals surface area (Å²) in [6.45, 7) is 5.07. The highest BCUT2D eigenvalue weighted by Crippen LogP contribution is 2.23. The fourth-order valence-electron chi connectivity index (χ4n) is 2.81. The fraction of sp³-hybridized carbons (Fsp3) is 0.375. The SMILES string of the molecule is Cc1cc2nc3c(=O)n(CCN)c(=O)nc-3n(CCN)c2cc1C. The van der Waals surface area contributed by atoms with E-state index in [1.807, 2.05) is 26.0 Å². The molecule has 1 aromatic carbocycles. The lowest BCUT2D eigenvalue weighted by Crippen LogP contribution is -2.40. The number of benzene rings is 1. The Morgan fingerprint density at radius 2 is 1.58 bits per heavy atom. The first-order valence-electron chi connectivity index (χ1n) is 7.80. The molecule has 2 heterocycles. The van der Waals surface area contributed by atoms with Gasteiger partial charge in [-0.15, -0.1) is 0 Å². The lowest BCUT2D eigenvalue weighted by Gasteiger charge is -2.18. The summed E-state index contributed by atoms with van der Waals surface area (Å²) >= 11 is 0. The van der Waals surface area contributed by atoms with Gasteiger partial charge in [0.1, 0.15) is 0 Å². The second kappa shape index (κ2) is 6.14. The summed E-state index contributed by atoms with van der Waals surface area (Å²) in [5.74, 6) is 0.263. The van der Waals surface area contributed by atoms with Gasteiger partial charge < -0.3 is 16.0 Å². The van der Waals surface area contributed by atoms with Crippen LogP contribution in [0.4, 0.5) is 0 Å². The smallest absolute Gasteiger partial charge is 0.329 e.